The van der Waals surface area contributed by atoms with Crippen molar-refractivity contribution in [3.8, 4) is 6.07 Å². The zero-order valence-corrected chi connectivity index (χ0v) is 17.2. The van der Waals surface area contributed by atoms with Crippen LogP contribution in [0.1, 0.15) is 21.7 Å². The predicted octanol–water partition coefficient (Wildman–Crippen LogP) is 3.07. The number of rotatable bonds is 4. The SMILES string of the molecule is N#Cc1c(N2CCN(C(=O)c3ccco3)CC2)c2ccccc2n(Cc2ccoc2)c1=O. The third kappa shape index (κ3) is 3.34. The van der Waals surface area contributed by atoms with Gasteiger partial charge in [-0.05, 0) is 24.3 Å². The maximum Gasteiger partial charge on any atom is 0.289 e. The molecule has 8 heteroatoms. The number of hydrogen-bond donors (Lipinski definition) is 0. The molecule has 0 aliphatic carbocycles. The summed E-state index contributed by atoms with van der Waals surface area (Å²) in [6.07, 6.45) is 4.63. The second kappa shape index (κ2) is 8.12. The summed E-state index contributed by atoms with van der Waals surface area (Å²) in [5.41, 5.74) is 2.00. The fraction of sp³-hybridized carbons (Fsp3) is 0.208. The van der Waals surface area contributed by atoms with Crippen LogP contribution in [-0.4, -0.2) is 41.6 Å². The van der Waals surface area contributed by atoms with Crippen LogP contribution in [0.25, 0.3) is 10.9 Å². The van der Waals surface area contributed by atoms with Gasteiger partial charge in [0.05, 0.1) is 36.5 Å². The first-order valence-electron chi connectivity index (χ1n) is 10.3. The number of para-hydroxylation sites is 1. The summed E-state index contributed by atoms with van der Waals surface area (Å²) in [6, 6.07) is 14.9. The summed E-state index contributed by atoms with van der Waals surface area (Å²) < 4.78 is 12.0. The highest BCUT2D eigenvalue weighted by Gasteiger charge is 2.27. The second-order valence-electron chi connectivity index (χ2n) is 7.63. The van der Waals surface area contributed by atoms with Crippen molar-refractivity contribution >= 4 is 22.5 Å². The van der Waals surface area contributed by atoms with E-state index >= 15 is 0 Å². The van der Waals surface area contributed by atoms with E-state index in [-0.39, 0.29) is 17.0 Å². The third-order valence-corrected chi connectivity index (χ3v) is 5.79. The van der Waals surface area contributed by atoms with Crippen LogP contribution >= 0.6 is 0 Å². The standard InChI is InChI=1S/C24H20N4O4/c25-14-19-22(26-8-10-27(11-9-26)24(30)21-6-3-12-32-21)18-4-1-2-5-20(18)28(23(19)29)15-17-7-13-31-16-17/h1-7,12-13,16H,8-11,15H2. The Kier molecular flexibility index (Phi) is 5.00. The van der Waals surface area contributed by atoms with Crippen LogP contribution in [-0.2, 0) is 6.54 Å². The van der Waals surface area contributed by atoms with Gasteiger partial charge in [-0.3, -0.25) is 9.59 Å². The summed E-state index contributed by atoms with van der Waals surface area (Å²) in [5.74, 6) is 0.152. The average Bonchev–Trinajstić information content (AvgIpc) is 3.55. The molecule has 5 rings (SSSR count). The number of anilines is 1. The third-order valence-electron chi connectivity index (χ3n) is 5.79. The highest BCUT2D eigenvalue weighted by atomic mass is 16.3. The van der Waals surface area contributed by atoms with Gasteiger partial charge in [0.2, 0.25) is 0 Å². The van der Waals surface area contributed by atoms with Crippen molar-refractivity contribution in [2.24, 2.45) is 0 Å². The minimum absolute atomic E-state index is 0.109. The molecular formula is C24H20N4O4. The van der Waals surface area contributed by atoms with Gasteiger partial charge in [0.25, 0.3) is 11.5 Å². The normalized spacial score (nSPS) is 14.0. The van der Waals surface area contributed by atoms with Gasteiger partial charge < -0.3 is 23.2 Å². The molecule has 1 aliphatic rings. The van der Waals surface area contributed by atoms with Crippen LogP contribution in [0, 0.1) is 11.3 Å². The Morgan fingerprint density at radius 2 is 1.84 bits per heavy atom. The Balaban J connectivity index is 1.52. The number of piperazine rings is 1. The molecule has 1 fully saturated rings. The molecule has 0 atom stereocenters. The van der Waals surface area contributed by atoms with Crippen molar-refractivity contribution < 1.29 is 13.6 Å². The van der Waals surface area contributed by atoms with E-state index < -0.39 is 0 Å². The molecule has 1 aliphatic heterocycles. The van der Waals surface area contributed by atoms with Gasteiger partial charge in [0.15, 0.2) is 5.76 Å². The first kappa shape index (κ1) is 19.7. The highest BCUT2D eigenvalue weighted by molar-refractivity contribution is 5.95. The van der Waals surface area contributed by atoms with E-state index in [4.69, 9.17) is 8.83 Å². The number of nitrogens with zero attached hydrogens (tertiary/aromatic N) is 4. The Bertz CT molecular complexity index is 1360. The highest BCUT2D eigenvalue weighted by Crippen LogP contribution is 2.30. The number of carbonyl (C=O) groups excluding carboxylic acids is 1. The topological polar surface area (TPSA) is 95.6 Å². The van der Waals surface area contributed by atoms with Gasteiger partial charge in [-0.2, -0.15) is 5.26 Å². The lowest BCUT2D eigenvalue weighted by Crippen LogP contribution is -2.49. The van der Waals surface area contributed by atoms with Gasteiger partial charge in [-0.15, -0.1) is 0 Å². The number of pyridine rings is 1. The summed E-state index contributed by atoms with van der Waals surface area (Å²) in [6.45, 7) is 2.27. The Labute approximate surface area is 183 Å². The summed E-state index contributed by atoms with van der Waals surface area (Å²) in [7, 11) is 0. The Morgan fingerprint density at radius 3 is 2.53 bits per heavy atom. The molecule has 0 saturated carbocycles. The van der Waals surface area contributed by atoms with Crippen LogP contribution in [0.2, 0.25) is 0 Å². The van der Waals surface area contributed by atoms with Gasteiger partial charge in [0.1, 0.15) is 11.6 Å². The van der Waals surface area contributed by atoms with Gasteiger partial charge in [-0.25, -0.2) is 0 Å². The lowest BCUT2D eigenvalue weighted by molar-refractivity contribution is 0.0715. The summed E-state index contributed by atoms with van der Waals surface area (Å²) in [4.78, 5) is 29.7. The van der Waals surface area contributed by atoms with Gasteiger partial charge >= 0.3 is 0 Å². The lowest BCUT2D eigenvalue weighted by Gasteiger charge is -2.36. The van der Waals surface area contributed by atoms with Crippen molar-refractivity contribution in [2.45, 2.75) is 6.54 Å². The molecule has 1 saturated heterocycles. The molecule has 4 heterocycles. The number of aromatic nitrogens is 1. The molecule has 3 aromatic heterocycles. The fourth-order valence-electron chi connectivity index (χ4n) is 4.23. The molecule has 0 bridgehead atoms. The largest absolute Gasteiger partial charge is 0.472 e. The van der Waals surface area contributed by atoms with E-state index in [1.54, 1.807) is 40.2 Å². The summed E-state index contributed by atoms with van der Waals surface area (Å²) in [5, 5.41) is 10.8. The van der Waals surface area contributed by atoms with Crippen LogP contribution in [0.3, 0.4) is 0 Å². The van der Waals surface area contributed by atoms with Crippen LogP contribution < -0.4 is 10.5 Å². The van der Waals surface area contributed by atoms with Crippen molar-refractivity contribution in [1.82, 2.24) is 9.47 Å². The van der Waals surface area contributed by atoms with E-state index in [1.165, 1.54) is 6.26 Å². The number of nitriles is 1. The number of fused-ring (bicyclic) bond motifs is 1. The second-order valence-corrected chi connectivity index (χ2v) is 7.63. The molecule has 4 aromatic rings. The average molecular weight is 428 g/mol. The number of benzene rings is 1. The van der Waals surface area contributed by atoms with Crippen molar-refractivity contribution in [3.05, 3.63) is 88.5 Å². The molecule has 160 valence electrons. The summed E-state index contributed by atoms with van der Waals surface area (Å²) >= 11 is 0. The van der Waals surface area contributed by atoms with Crippen LogP contribution in [0.5, 0.6) is 0 Å². The van der Waals surface area contributed by atoms with E-state index in [0.29, 0.717) is 44.2 Å². The van der Waals surface area contributed by atoms with Crippen LogP contribution in [0.15, 0.2) is 74.9 Å². The monoisotopic (exact) mass is 428 g/mol. The van der Waals surface area contributed by atoms with Crippen molar-refractivity contribution in [1.29, 1.82) is 5.26 Å². The zero-order chi connectivity index (χ0) is 22.1. The molecular weight excluding hydrogens is 408 g/mol. The molecule has 8 nitrogen and oxygen atoms in total. The fourth-order valence-corrected chi connectivity index (χ4v) is 4.23. The van der Waals surface area contributed by atoms with Gasteiger partial charge in [0, 0.05) is 37.1 Å². The Morgan fingerprint density at radius 1 is 1.03 bits per heavy atom. The van der Waals surface area contributed by atoms with Crippen molar-refractivity contribution in [2.75, 3.05) is 31.1 Å². The number of furan rings is 2. The molecule has 0 N–H and O–H groups in total. The van der Waals surface area contributed by atoms with E-state index in [1.807, 2.05) is 29.2 Å². The van der Waals surface area contributed by atoms with Crippen molar-refractivity contribution in [3.63, 3.8) is 0 Å². The van der Waals surface area contributed by atoms with E-state index in [9.17, 15) is 14.9 Å². The Hall–Kier alpha value is -4.25. The molecule has 1 aromatic carbocycles. The number of carbonyl (C=O) groups is 1. The first-order valence-corrected chi connectivity index (χ1v) is 10.3. The molecule has 0 unspecified atom stereocenters. The van der Waals surface area contributed by atoms with Gasteiger partial charge in [-0.1, -0.05) is 18.2 Å². The molecule has 32 heavy (non-hydrogen) atoms. The minimum Gasteiger partial charge on any atom is -0.472 e. The maximum atomic E-state index is 13.3. The van der Waals surface area contributed by atoms with Crippen LogP contribution in [0.4, 0.5) is 5.69 Å². The predicted molar refractivity (Wildman–Crippen MR) is 118 cm³/mol. The molecule has 1 amide bonds. The molecule has 0 spiro atoms. The quantitative estimate of drug-likeness (QED) is 0.496. The lowest BCUT2D eigenvalue weighted by atomic mass is 10.1. The smallest absolute Gasteiger partial charge is 0.289 e. The minimum atomic E-state index is -0.337. The van der Waals surface area contributed by atoms with E-state index in [0.717, 1.165) is 16.5 Å². The van der Waals surface area contributed by atoms with E-state index in [2.05, 4.69) is 6.07 Å². The zero-order valence-electron chi connectivity index (χ0n) is 17.2. The maximum absolute atomic E-state index is 13.3. The first-order chi connectivity index (χ1) is 15.7. The number of hydrogen-bond acceptors (Lipinski definition) is 6. The molecule has 0 radical (unpaired) electrons. The number of amides is 1.